The fourth-order valence-electron chi connectivity index (χ4n) is 2.56. The molecule has 0 aromatic rings. The monoisotopic (exact) mass is 213 g/mol. The van der Waals surface area contributed by atoms with Gasteiger partial charge in [0.25, 0.3) is 0 Å². The second-order valence-electron chi connectivity index (χ2n) is 5.48. The molecule has 1 heterocycles. The summed E-state index contributed by atoms with van der Waals surface area (Å²) in [5, 5.41) is 9.46. The Kier molecular flexibility index (Phi) is 4.60. The summed E-state index contributed by atoms with van der Waals surface area (Å²) in [6, 6.07) is 1.45. The smallest absolute Gasteiger partial charge is 0.0496 e. The van der Waals surface area contributed by atoms with Gasteiger partial charge in [0.2, 0.25) is 0 Å². The first-order valence-electron chi connectivity index (χ1n) is 6.43. The molecule has 0 aliphatic carbocycles. The predicted molar refractivity (Wildman–Crippen MR) is 65.0 cm³/mol. The molecule has 0 saturated carbocycles. The first-order valence-corrected chi connectivity index (χ1v) is 6.43. The summed E-state index contributed by atoms with van der Waals surface area (Å²) in [7, 11) is 0. The van der Waals surface area contributed by atoms with Crippen molar-refractivity contribution in [3.63, 3.8) is 0 Å². The topological polar surface area (TPSA) is 23.5 Å². The van der Waals surface area contributed by atoms with E-state index in [1.807, 2.05) is 0 Å². The van der Waals surface area contributed by atoms with Gasteiger partial charge in [-0.2, -0.15) is 0 Å². The maximum atomic E-state index is 9.46. The molecule has 1 saturated heterocycles. The van der Waals surface area contributed by atoms with E-state index < -0.39 is 0 Å². The number of aliphatic hydroxyl groups is 1. The van der Waals surface area contributed by atoms with Crippen molar-refractivity contribution in [2.45, 2.75) is 65.5 Å². The minimum absolute atomic E-state index is 0.0893. The number of likely N-dealkylation sites (tertiary alicyclic amines) is 1. The van der Waals surface area contributed by atoms with Crippen LogP contribution in [-0.2, 0) is 0 Å². The fraction of sp³-hybridized carbons (Fsp3) is 1.00. The van der Waals surface area contributed by atoms with Crippen LogP contribution in [0.2, 0.25) is 0 Å². The lowest BCUT2D eigenvalue weighted by Crippen LogP contribution is -2.43. The van der Waals surface area contributed by atoms with Crippen molar-refractivity contribution in [3.8, 4) is 0 Å². The molecule has 1 N–H and O–H groups in total. The normalized spacial score (nSPS) is 31.8. The molecule has 0 bridgehead atoms. The molecule has 1 fully saturated rings. The van der Waals surface area contributed by atoms with E-state index in [2.05, 4.69) is 32.6 Å². The Labute approximate surface area is 94.7 Å². The van der Waals surface area contributed by atoms with Crippen LogP contribution in [0.4, 0.5) is 0 Å². The van der Waals surface area contributed by atoms with Gasteiger partial charge in [-0.15, -0.1) is 0 Å². The predicted octanol–water partition coefficient (Wildman–Crippen LogP) is 2.66. The van der Waals surface area contributed by atoms with E-state index in [9.17, 15) is 5.11 Å². The van der Waals surface area contributed by atoms with Gasteiger partial charge in [0.1, 0.15) is 0 Å². The molecule has 0 aromatic carbocycles. The third-order valence-electron chi connectivity index (χ3n) is 4.22. The Morgan fingerprint density at radius 1 is 1.33 bits per heavy atom. The van der Waals surface area contributed by atoms with E-state index in [1.54, 1.807) is 0 Å². The first-order chi connectivity index (χ1) is 7.06. The second-order valence-corrected chi connectivity index (χ2v) is 5.48. The summed E-state index contributed by atoms with van der Waals surface area (Å²) in [6.45, 7) is 10.3. The Hall–Kier alpha value is -0.0800. The average Bonchev–Trinajstić information content (AvgIpc) is 2.60. The molecule has 2 heteroatoms. The van der Waals surface area contributed by atoms with Crippen LogP contribution in [0.15, 0.2) is 0 Å². The van der Waals surface area contributed by atoms with Crippen LogP contribution in [-0.4, -0.2) is 35.2 Å². The zero-order chi connectivity index (χ0) is 11.5. The molecule has 0 amide bonds. The highest BCUT2D eigenvalue weighted by molar-refractivity contribution is 4.88. The van der Waals surface area contributed by atoms with E-state index in [0.717, 1.165) is 19.0 Å². The van der Waals surface area contributed by atoms with Gasteiger partial charge in [-0.05, 0) is 32.6 Å². The van der Waals surface area contributed by atoms with Gasteiger partial charge in [-0.3, -0.25) is 4.90 Å². The minimum atomic E-state index is 0.0893. The molecule has 1 rings (SSSR count). The van der Waals surface area contributed by atoms with Gasteiger partial charge in [0, 0.05) is 30.7 Å². The minimum Gasteiger partial charge on any atom is -0.396 e. The van der Waals surface area contributed by atoms with Crippen molar-refractivity contribution in [1.82, 2.24) is 4.90 Å². The third kappa shape index (κ3) is 2.94. The third-order valence-corrected chi connectivity index (χ3v) is 4.22. The maximum Gasteiger partial charge on any atom is 0.0496 e. The molecule has 90 valence electrons. The fourth-order valence-corrected chi connectivity index (χ4v) is 2.56. The summed E-state index contributed by atoms with van der Waals surface area (Å²) < 4.78 is 0. The highest BCUT2D eigenvalue weighted by Crippen LogP contribution is 2.31. The molecule has 1 aliphatic heterocycles. The number of hydrogen-bond acceptors (Lipinski definition) is 2. The highest BCUT2D eigenvalue weighted by atomic mass is 16.3. The molecule has 0 radical (unpaired) electrons. The van der Waals surface area contributed by atoms with Crippen LogP contribution in [0, 0.1) is 5.41 Å². The van der Waals surface area contributed by atoms with Gasteiger partial charge < -0.3 is 5.11 Å². The quantitative estimate of drug-likeness (QED) is 0.759. The van der Waals surface area contributed by atoms with Crippen LogP contribution in [0.1, 0.15) is 53.4 Å². The molecule has 3 atom stereocenters. The van der Waals surface area contributed by atoms with Gasteiger partial charge in [0.05, 0.1) is 0 Å². The molecule has 3 unspecified atom stereocenters. The standard InChI is InChI=1S/C13H27NO/c1-5-12-8-7-11(3)14(12)9-13(4,6-2)10-15/h11-12,15H,5-10H2,1-4H3. The first kappa shape index (κ1) is 13.0. The number of hydrogen-bond donors (Lipinski definition) is 1. The average molecular weight is 213 g/mol. The van der Waals surface area contributed by atoms with Crippen molar-refractivity contribution in [1.29, 1.82) is 0 Å². The Balaban J connectivity index is 2.61. The van der Waals surface area contributed by atoms with Gasteiger partial charge >= 0.3 is 0 Å². The lowest BCUT2D eigenvalue weighted by Gasteiger charge is -2.36. The molecular weight excluding hydrogens is 186 g/mol. The van der Waals surface area contributed by atoms with E-state index in [0.29, 0.717) is 12.6 Å². The lowest BCUT2D eigenvalue weighted by atomic mass is 9.87. The van der Waals surface area contributed by atoms with Crippen LogP contribution in [0.25, 0.3) is 0 Å². The lowest BCUT2D eigenvalue weighted by molar-refractivity contribution is 0.0623. The molecule has 2 nitrogen and oxygen atoms in total. The van der Waals surface area contributed by atoms with Crippen LogP contribution in [0.5, 0.6) is 0 Å². The summed E-state index contributed by atoms with van der Waals surface area (Å²) in [5.41, 5.74) is 0.0893. The molecule has 0 spiro atoms. The second kappa shape index (κ2) is 5.31. The highest BCUT2D eigenvalue weighted by Gasteiger charge is 2.34. The largest absolute Gasteiger partial charge is 0.396 e. The Morgan fingerprint density at radius 3 is 2.47 bits per heavy atom. The summed E-state index contributed by atoms with van der Waals surface area (Å²) in [4.78, 5) is 2.61. The zero-order valence-electron chi connectivity index (χ0n) is 10.8. The Bertz CT molecular complexity index is 189. The summed E-state index contributed by atoms with van der Waals surface area (Å²) in [5.74, 6) is 0. The summed E-state index contributed by atoms with van der Waals surface area (Å²) >= 11 is 0. The Morgan fingerprint density at radius 2 is 2.00 bits per heavy atom. The number of nitrogens with zero attached hydrogens (tertiary/aromatic N) is 1. The van der Waals surface area contributed by atoms with Gasteiger partial charge in [0.15, 0.2) is 0 Å². The van der Waals surface area contributed by atoms with Crippen LogP contribution in [0.3, 0.4) is 0 Å². The molecule has 0 aromatic heterocycles. The van der Waals surface area contributed by atoms with Gasteiger partial charge in [-0.25, -0.2) is 0 Å². The van der Waals surface area contributed by atoms with Crippen molar-refractivity contribution < 1.29 is 5.11 Å². The number of aliphatic hydroxyl groups excluding tert-OH is 1. The van der Waals surface area contributed by atoms with E-state index in [4.69, 9.17) is 0 Å². The van der Waals surface area contributed by atoms with E-state index in [-0.39, 0.29) is 5.41 Å². The molecule has 1 aliphatic rings. The number of rotatable bonds is 5. The van der Waals surface area contributed by atoms with Crippen molar-refractivity contribution in [2.75, 3.05) is 13.2 Å². The maximum absolute atomic E-state index is 9.46. The van der Waals surface area contributed by atoms with E-state index in [1.165, 1.54) is 19.3 Å². The van der Waals surface area contributed by atoms with Crippen molar-refractivity contribution in [2.24, 2.45) is 5.41 Å². The van der Waals surface area contributed by atoms with Gasteiger partial charge in [-0.1, -0.05) is 20.8 Å². The summed E-state index contributed by atoms with van der Waals surface area (Å²) in [6.07, 6.45) is 4.96. The van der Waals surface area contributed by atoms with Crippen LogP contribution < -0.4 is 0 Å². The van der Waals surface area contributed by atoms with Crippen molar-refractivity contribution >= 4 is 0 Å². The SMILES string of the molecule is CCC1CCC(C)N1CC(C)(CC)CO. The van der Waals surface area contributed by atoms with E-state index >= 15 is 0 Å². The zero-order valence-corrected chi connectivity index (χ0v) is 10.8. The molecular formula is C13H27NO. The van der Waals surface area contributed by atoms with Crippen molar-refractivity contribution in [3.05, 3.63) is 0 Å². The van der Waals surface area contributed by atoms with Crippen LogP contribution >= 0.6 is 0 Å². The molecule has 15 heavy (non-hydrogen) atoms.